The molecule has 1 amide bonds. The number of aliphatic hydroxyl groups excluding tert-OH is 1. The van der Waals surface area contributed by atoms with E-state index >= 15 is 0 Å². The van der Waals surface area contributed by atoms with Crippen molar-refractivity contribution in [2.45, 2.75) is 6.92 Å². The molecule has 1 saturated heterocycles. The zero-order valence-electron chi connectivity index (χ0n) is 10.3. The van der Waals surface area contributed by atoms with Gasteiger partial charge in [0.1, 0.15) is 4.88 Å². The maximum absolute atomic E-state index is 12.2. The lowest BCUT2D eigenvalue weighted by Crippen LogP contribution is -2.49. The second-order valence-corrected chi connectivity index (χ2v) is 5.31. The lowest BCUT2D eigenvalue weighted by molar-refractivity contribution is 0.0618. The fraction of sp³-hybridized carbons (Fsp3) is 0.636. The summed E-state index contributed by atoms with van der Waals surface area (Å²) in [5.74, 6) is -0.0699. The molecule has 2 N–H and O–H groups in total. The van der Waals surface area contributed by atoms with Crippen LogP contribution in [0.1, 0.15) is 15.4 Å². The number of hydrogen-bond donors (Lipinski definition) is 2. The highest BCUT2D eigenvalue weighted by Gasteiger charge is 2.24. The normalized spacial score (nSPS) is 17.1. The number of amides is 1. The zero-order valence-corrected chi connectivity index (χ0v) is 11.1. The molecule has 0 bridgehead atoms. The van der Waals surface area contributed by atoms with E-state index in [1.807, 2.05) is 0 Å². The Morgan fingerprint density at radius 3 is 2.56 bits per heavy atom. The number of aliphatic hydroxyl groups is 1. The predicted molar refractivity (Wildman–Crippen MR) is 69.1 cm³/mol. The van der Waals surface area contributed by atoms with Crippen LogP contribution >= 0.6 is 11.3 Å². The molecule has 18 heavy (non-hydrogen) atoms. The van der Waals surface area contributed by atoms with Crippen molar-refractivity contribution < 1.29 is 9.90 Å². The van der Waals surface area contributed by atoms with Crippen LogP contribution in [0, 0.1) is 6.92 Å². The van der Waals surface area contributed by atoms with Crippen molar-refractivity contribution >= 4 is 17.2 Å². The van der Waals surface area contributed by atoms with Crippen molar-refractivity contribution in [2.24, 2.45) is 0 Å². The SMILES string of the molecule is Cc1[nH]c(=O)sc1C(=O)N1CCN(CCO)CC1. The molecule has 0 radical (unpaired) electrons. The monoisotopic (exact) mass is 271 g/mol. The molecule has 0 spiro atoms. The van der Waals surface area contributed by atoms with Gasteiger partial charge >= 0.3 is 4.87 Å². The fourth-order valence-corrected chi connectivity index (χ4v) is 2.88. The van der Waals surface area contributed by atoms with Crippen LogP contribution < -0.4 is 4.87 Å². The van der Waals surface area contributed by atoms with Gasteiger partial charge in [0.15, 0.2) is 0 Å². The van der Waals surface area contributed by atoms with Gasteiger partial charge in [-0.05, 0) is 6.92 Å². The number of piperazine rings is 1. The number of β-amino-alcohol motifs (C(OH)–C–C–N with tert-alkyl or cyclic N) is 1. The van der Waals surface area contributed by atoms with Crippen LogP contribution in [0.5, 0.6) is 0 Å². The van der Waals surface area contributed by atoms with Gasteiger partial charge in [0.05, 0.1) is 6.61 Å². The minimum absolute atomic E-state index is 0.0699. The molecule has 2 rings (SSSR count). The first kappa shape index (κ1) is 13.3. The molecule has 1 aromatic heterocycles. The molecule has 1 aliphatic heterocycles. The largest absolute Gasteiger partial charge is 0.395 e. The van der Waals surface area contributed by atoms with Crippen molar-refractivity contribution in [3.05, 3.63) is 20.2 Å². The fourth-order valence-electron chi connectivity index (χ4n) is 2.07. The Labute approximate surface area is 109 Å². The first-order chi connectivity index (χ1) is 8.61. The number of aryl methyl sites for hydroxylation is 1. The van der Waals surface area contributed by atoms with Crippen LogP contribution in [0.3, 0.4) is 0 Å². The number of nitrogens with one attached hydrogen (secondary N) is 1. The minimum Gasteiger partial charge on any atom is -0.395 e. The number of hydrogen-bond acceptors (Lipinski definition) is 5. The van der Waals surface area contributed by atoms with Crippen LogP contribution in [0.25, 0.3) is 0 Å². The Bertz CT molecular complexity index is 474. The van der Waals surface area contributed by atoms with Gasteiger partial charge in [0.25, 0.3) is 5.91 Å². The highest BCUT2D eigenvalue weighted by Crippen LogP contribution is 2.13. The topological polar surface area (TPSA) is 76.6 Å². The summed E-state index contributed by atoms with van der Waals surface area (Å²) in [5.41, 5.74) is 0.646. The van der Waals surface area contributed by atoms with E-state index in [1.54, 1.807) is 11.8 Å². The Hall–Kier alpha value is -1.18. The molecular formula is C11H17N3O3S. The standard InChI is InChI=1S/C11H17N3O3S/c1-8-9(18-11(17)12-8)10(16)14-4-2-13(3-5-14)6-7-15/h15H,2-7H2,1H3,(H,12,17). The number of aromatic amines is 1. The molecule has 2 heterocycles. The van der Waals surface area contributed by atoms with E-state index in [0.29, 0.717) is 30.2 Å². The van der Waals surface area contributed by atoms with E-state index in [-0.39, 0.29) is 17.4 Å². The highest BCUT2D eigenvalue weighted by molar-refractivity contribution is 7.11. The van der Waals surface area contributed by atoms with Gasteiger partial charge < -0.3 is 15.0 Å². The van der Waals surface area contributed by atoms with Crippen molar-refractivity contribution in [2.75, 3.05) is 39.3 Å². The number of carbonyl (C=O) groups excluding carboxylic acids is 1. The number of H-pyrrole nitrogens is 1. The van der Waals surface area contributed by atoms with E-state index in [2.05, 4.69) is 9.88 Å². The first-order valence-corrected chi connectivity index (χ1v) is 6.75. The van der Waals surface area contributed by atoms with E-state index in [1.165, 1.54) is 0 Å². The molecule has 1 aromatic rings. The molecular weight excluding hydrogens is 254 g/mol. The predicted octanol–water partition coefficient (Wildman–Crippen LogP) is -0.505. The molecule has 0 unspecified atom stereocenters. The second-order valence-electron chi connectivity index (χ2n) is 4.33. The third-order valence-electron chi connectivity index (χ3n) is 3.09. The van der Waals surface area contributed by atoms with Gasteiger partial charge in [0.2, 0.25) is 0 Å². The number of rotatable bonds is 3. The molecule has 100 valence electrons. The Kier molecular flexibility index (Phi) is 4.15. The van der Waals surface area contributed by atoms with E-state index in [0.717, 1.165) is 24.4 Å². The molecule has 0 aliphatic carbocycles. The number of thiazole rings is 1. The van der Waals surface area contributed by atoms with Crippen LogP contribution in [0.15, 0.2) is 4.79 Å². The van der Waals surface area contributed by atoms with Crippen molar-refractivity contribution in [1.82, 2.24) is 14.8 Å². The summed E-state index contributed by atoms with van der Waals surface area (Å²) in [6.45, 7) is 5.36. The first-order valence-electron chi connectivity index (χ1n) is 5.94. The minimum atomic E-state index is -0.185. The maximum atomic E-state index is 12.2. The zero-order chi connectivity index (χ0) is 13.1. The Morgan fingerprint density at radius 2 is 2.06 bits per heavy atom. The second kappa shape index (κ2) is 5.64. The average Bonchev–Trinajstić information content (AvgIpc) is 2.69. The number of carbonyl (C=O) groups is 1. The molecule has 0 aromatic carbocycles. The van der Waals surface area contributed by atoms with Gasteiger partial charge in [0, 0.05) is 38.4 Å². The van der Waals surface area contributed by atoms with E-state index in [4.69, 9.17) is 5.11 Å². The maximum Gasteiger partial charge on any atom is 0.305 e. The smallest absolute Gasteiger partial charge is 0.305 e. The molecule has 6 nitrogen and oxygen atoms in total. The van der Waals surface area contributed by atoms with Crippen LogP contribution in [-0.4, -0.2) is 65.1 Å². The summed E-state index contributed by atoms with van der Waals surface area (Å²) < 4.78 is 0. The molecule has 0 atom stereocenters. The average molecular weight is 271 g/mol. The highest BCUT2D eigenvalue weighted by atomic mass is 32.1. The Morgan fingerprint density at radius 1 is 1.39 bits per heavy atom. The molecule has 7 heteroatoms. The summed E-state index contributed by atoms with van der Waals surface area (Å²) >= 11 is 0.971. The van der Waals surface area contributed by atoms with Gasteiger partial charge in [-0.3, -0.25) is 14.5 Å². The summed E-state index contributed by atoms with van der Waals surface area (Å²) in [6.07, 6.45) is 0. The summed E-state index contributed by atoms with van der Waals surface area (Å²) in [4.78, 5) is 30.2. The summed E-state index contributed by atoms with van der Waals surface area (Å²) in [7, 11) is 0. The lowest BCUT2D eigenvalue weighted by Gasteiger charge is -2.34. The third kappa shape index (κ3) is 2.80. The number of nitrogens with zero attached hydrogens (tertiary/aromatic N) is 2. The van der Waals surface area contributed by atoms with E-state index in [9.17, 15) is 9.59 Å². The molecule has 1 fully saturated rings. The Balaban J connectivity index is 1.99. The lowest BCUT2D eigenvalue weighted by atomic mass is 10.2. The molecule has 0 saturated carbocycles. The van der Waals surface area contributed by atoms with Crippen molar-refractivity contribution in [3.8, 4) is 0 Å². The quantitative estimate of drug-likeness (QED) is 0.776. The van der Waals surface area contributed by atoms with Gasteiger partial charge in [-0.25, -0.2) is 0 Å². The summed E-state index contributed by atoms with van der Waals surface area (Å²) in [5, 5.41) is 8.85. The van der Waals surface area contributed by atoms with Gasteiger partial charge in [-0.1, -0.05) is 11.3 Å². The van der Waals surface area contributed by atoms with Gasteiger partial charge in [-0.15, -0.1) is 0 Å². The summed E-state index contributed by atoms with van der Waals surface area (Å²) in [6, 6.07) is 0. The van der Waals surface area contributed by atoms with Crippen molar-refractivity contribution in [1.29, 1.82) is 0 Å². The van der Waals surface area contributed by atoms with Gasteiger partial charge in [-0.2, -0.15) is 0 Å². The van der Waals surface area contributed by atoms with Crippen molar-refractivity contribution in [3.63, 3.8) is 0 Å². The number of aromatic nitrogens is 1. The third-order valence-corrected chi connectivity index (χ3v) is 4.07. The van der Waals surface area contributed by atoms with Crippen LogP contribution in [0.4, 0.5) is 0 Å². The molecule has 1 aliphatic rings. The van der Waals surface area contributed by atoms with Crippen LogP contribution in [0.2, 0.25) is 0 Å². The van der Waals surface area contributed by atoms with Crippen LogP contribution in [-0.2, 0) is 0 Å². The van der Waals surface area contributed by atoms with E-state index < -0.39 is 0 Å².